The molecule has 0 aliphatic carbocycles. The van der Waals surface area contributed by atoms with E-state index >= 15 is 0 Å². The van der Waals surface area contributed by atoms with Gasteiger partial charge in [-0.05, 0) is 54.2 Å². The van der Waals surface area contributed by atoms with Crippen molar-refractivity contribution in [2.24, 2.45) is 0 Å². The molecule has 0 amide bonds. The van der Waals surface area contributed by atoms with E-state index in [9.17, 15) is 15.3 Å². The average Bonchev–Trinajstić information content (AvgIpc) is 2.59. The van der Waals surface area contributed by atoms with E-state index in [0.717, 1.165) is 24.0 Å². The van der Waals surface area contributed by atoms with Crippen LogP contribution in [0, 0.1) is 0 Å². The molecule has 0 aliphatic heterocycles. The summed E-state index contributed by atoms with van der Waals surface area (Å²) in [6, 6.07) is 4.84. The number of benzene rings is 1. The number of aromatic hydroxyl groups is 1. The predicted octanol–water partition coefficient (Wildman–Crippen LogP) is 3.84. The van der Waals surface area contributed by atoms with E-state index < -0.39 is 6.10 Å². The molecule has 138 valence electrons. The van der Waals surface area contributed by atoms with E-state index in [0.29, 0.717) is 29.0 Å². The Hall–Kier alpha value is -1.59. The molecule has 0 fully saturated rings. The summed E-state index contributed by atoms with van der Waals surface area (Å²) >= 11 is 6.16. The Balaban J connectivity index is 2.89. The zero-order valence-corrected chi connectivity index (χ0v) is 15.3. The van der Waals surface area contributed by atoms with Crippen molar-refractivity contribution in [3.05, 3.63) is 58.2 Å². The lowest BCUT2D eigenvalue weighted by Gasteiger charge is -2.17. The minimum absolute atomic E-state index is 0.121. The Kier molecular flexibility index (Phi) is 9.53. The van der Waals surface area contributed by atoms with Gasteiger partial charge in [0.15, 0.2) is 0 Å². The molecule has 1 unspecified atom stereocenters. The third kappa shape index (κ3) is 7.04. The summed E-state index contributed by atoms with van der Waals surface area (Å²) in [7, 11) is 0. The standard InChI is InChI=1S/C20H27ClO4/c1-3-4-15(11-16-6-7-17(24)12-19(16)21)5-8-20(25)18(9-10-22)14(2)13-23/h6-7,9,11-12,20,22-25H,2-5,8,10,13H2,1H3/b15-11+,18-9-. The van der Waals surface area contributed by atoms with Crippen LogP contribution in [-0.4, -0.2) is 39.7 Å². The van der Waals surface area contributed by atoms with Gasteiger partial charge in [-0.25, -0.2) is 0 Å². The zero-order valence-electron chi connectivity index (χ0n) is 14.6. The molecule has 0 heterocycles. The lowest BCUT2D eigenvalue weighted by molar-refractivity contribution is 0.197. The molecule has 25 heavy (non-hydrogen) atoms. The molecule has 1 aromatic rings. The molecule has 1 rings (SSSR count). The molecule has 1 aromatic carbocycles. The van der Waals surface area contributed by atoms with Gasteiger partial charge in [0.05, 0.1) is 24.3 Å². The van der Waals surface area contributed by atoms with Crippen LogP contribution >= 0.6 is 11.6 Å². The van der Waals surface area contributed by atoms with Crippen LogP contribution in [0.2, 0.25) is 5.02 Å². The fourth-order valence-corrected chi connectivity index (χ4v) is 2.86. The van der Waals surface area contributed by atoms with Crippen LogP contribution in [0.5, 0.6) is 5.75 Å². The highest BCUT2D eigenvalue weighted by Crippen LogP contribution is 2.27. The second kappa shape index (κ2) is 11.1. The maximum atomic E-state index is 10.4. The van der Waals surface area contributed by atoms with Gasteiger partial charge in [0.2, 0.25) is 0 Å². The molecule has 0 spiro atoms. The monoisotopic (exact) mass is 366 g/mol. The first-order chi connectivity index (χ1) is 11.9. The van der Waals surface area contributed by atoms with Gasteiger partial charge < -0.3 is 20.4 Å². The third-order valence-corrected chi connectivity index (χ3v) is 4.25. The van der Waals surface area contributed by atoms with Crippen molar-refractivity contribution in [3.63, 3.8) is 0 Å². The maximum absolute atomic E-state index is 10.4. The number of hydrogen-bond donors (Lipinski definition) is 4. The van der Waals surface area contributed by atoms with Crippen molar-refractivity contribution in [3.8, 4) is 5.75 Å². The second-order valence-electron chi connectivity index (χ2n) is 5.92. The smallest absolute Gasteiger partial charge is 0.117 e. The van der Waals surface area contributed by atoms with Gasteiger partial charge in [0.25, 0.3) is 0 Å². The first-order valence-electron chi connectivity index (χ1n) is 8.38. The lowest BCUT2D eigenvalue weighted by atomic mass is 9.94. The SMILES string of the molecule is C=C(CO)/C(=C/CO)C(O)CC/C(=C/c1ccc(O)cc1Cl)CCC. The molecule has 0 aliphatic rings. The minimum Gasteiger partial charge on any atom is -0.508 e. The average molecular weight is 367 g/mol. The first kappa shape index (κ1) is 21.5. The van der Waals surface area contributed by atoms with Crippen molar-refractivity contribution in [1.29, 1.82) is 0 Å². The molecule has 0 saturated carbocycles. The lowest BCUT2D eigenvalue weighted by Crippen LogP contribution is -2.14. The van der Waals surface area contributed by atoms with Gasteiger partial charge in [-0.15, -0.1) is 0 Å². The zero-order chi connectivity index (χ0) is 18.8. The number of phenols is 1. The van der Waals surface area contributed by atoms with Gasteiger partial charge in [-0.3, -0.25) is 0 Å². The van der Waals surface area contributed by atoms with Crippen LogP contribution in [0.15, 0.2) is 47.6 Å². The summed E-state index contributed by atoms with van der Waals surface area (Å²) in [5.41, 5.74) is 2.84. The third-order valence-electron chi connectivity index (χ3n) is 3.92. The fraction of sp³-hybridized carbons (Fsp3) is 0.400. The van der Waals surface area contributed by atoms with E-state index in [1.807, 2.05) is 6.08 Å². The van der Waals surface area contributed by atoms with Gasteiger partial charge >= 0.3 is 0 Å². The highest BCUT2D eigenvalue weighted by atomic mass is 35.5. The normalized spacial score (nSPS) is 13.8. The van der Waals surface area contributed by atoms with Gasteiger partial charge in [0, 0.05) is 0 Å². The van der Waals surface area contributed by atoms with Crippen LogP contribution in [-0.2, 0) is 0 Å². The Morgan fingerprint density at radius 1 is 1.28 bits per heavy atom. The maximum Gasteiger partial charge on any atom is 0.117 e. The molecular weight excluding hydrogens is 340 g/mol. The van der Waals surface area contributed by atoms with Crippen LogP contribution in [0.1, 0.15) is 38.2 Å². The van der Waals surface area contributed by atoms with Crippen molar-refractivity contribution in [1.82, 2.24) is 0 Å². The number of hydrogen-bond acceptors (Lipinski definition) is 4. The van der Waals surface area contributed by atoms with E-state index in [1.165, 1.54) is 12.1 Å². The van der Waals surface area contributed by atoms with E-state index in [1.54, 1.807) is 12.1 Å². The molecule has 0 saturated heterocycles. The first-order valence-corrected chi connectivity index (χ1v) is 8.76. The minimum atomic E-state index is -0.803. The molecule has 0 radical (unpaired) electrons. The Morgan fingerprint density at radius 2 is 2.00 bits per heavy atom. The summed E-state index contributed by atoms with van der Waals surface area (Å²) in [6.07, 6.45) is 5.57. The number of aliphatic hydroxyl groups excluding tert-OH is 3. The number of rotatable bonds is 10. The summed E-state index contributed by atoms with van der Waals surface area (Å²) in [4.78, 5) is 0. The second-order valence-corrected chi connectivity index (χ2v) is 6.32. The van der Waals surface area contributed by atoms with Crippen LogP contribution < -0.4 is 0 Å². The van der Waals surface area contributed by atoms with Crippen molar-refractivity contribution in [2.45, 2.75) is 38.7 Å². The van der Waals surface area contributed by atoms with Crippen LogP contribution in [0.3, 0.4) is 0 Å². The van der Waals surface area contributed by atoms with Crippen molar-refractivity contribution >= 4 is 17.7 Å². The molecular formula is C20H27ClO4. The van der Waals surface area contributed by atoms with Crippen LogP contribution in [0.4, 0.5) is 0 Å². The topological polar surface area (TPSA) is 80.9 Å². The Labute approximate surface area is 154 Å². The van der Waals surface area contributed by atoms with E-state index in [-0.39, 0.29) is 19.0 Å². The number of phenolic OH excluding ortho intramolecular Hbond substituents is 1. The number of allylic oxidation sites excluding steroid dienone is 1. The van der Waals surface area contributed by atoms with Crippen molar-refractivity contribution < 1.29 is 20.4 Å². The summed E-state index contributed by atoms with van der Waals surface area (Å²) < 4.78 is 0. The molecule has 5 heteroatoms. The largest absolute Gasteiger partial charge is 0.508 e. The molecule has 1 atom stereocenters. The van der Waals surface area contributed by atoms with Crippen LogP contribution in [0.25, 0.3) is 6.08 Å². The number of halogens is 1. The number of aliphatic hydroxyl groups is 3. The van der Waals surface area contributed by atoms with E-state index in [2.05, 4.69) is 13.5 Å². The molecule has 4 N–H and O–H groups in total. The fourth-order valence-electron chi connectivity index (χ4n) is 2.63. The van der Waals surface area contributed by atoms with Gasteiger partial charge in [-0.1, -0.05) is 49.2 Å². The summed E-state index contributed by atoms with van der Waals surface area (Å²) in [5.74, 6) is 0.121. The highest BCUT2D eigenvalue weighted by Gasteiger charge is 2.14. The van der Waals surface area contributed by atoms with Gasteiger partial charge in [-0.2, -0.15) is 0 Å². The molecule has 4 nitrogen and oxygen atoms in total. The Bertz CT molecular complexity index is 635. The molecule has 0 aromatic heterocycles. The Morgan fingerprint density at radius 3 is 2.56 bits per heavy atom. The van der Waals surface area contributed by atoms with Crippen molar-refractivity contribution in [2.75, 3.05) is 13.2 Å². The predicted molar refractivity (Wildman–Crippen MR) is 103 cm³/mol. The highest BCUT2D eigenvalue weighted by molar-refractivity contribution is 6.32. The summed E-state index contributed by atoms with van der Waals surface area (Å²) in [5, 5.41) is 38.6. The quantitative estimate of drug-likeness (QED) is 0.474. The van der Waals surface area contributed by atoms with E-state index in [4.69, 9.17) is 16.7 Å². The summed E-state index contributed by atoms with van der Waals surface area (Å²) in [6.45, 7) is 5.32. The van der Waals surface area contributed by atoms with Gasteiger partial charge in [0.1, 0.15) is 5.75 Å². The molecule has 0 bridgehead atoms.